The van der Waals surface area contributed by atoms with Crippen molar-refractivity contribution in [3.8, 4) is 0 Å². The zero-order valence-electron chi connectivity index (χ0n) is 16.7. The number of anilines is 2. The van der Waals surface area contributed by atoms with Gasteiger partial charge in [0.15, 0.2) is 5.71 Å². The molecule has 0 bridgehead atoms. The molecular weight excluding hydrogens is 388 g/mol. The number of hydrogen-bond donors (Lipinski definition) is 4. The summed E-state index contributed by atoms with van der Waals surface area (Å²) >= 11 is 0. The van der Waals surface area contributed by atoms with E-state index in [4.69, 9.17) is 11.5 Å². The molecule has 11 heteroatoms. The largest absolute Gasteiger partial charge is 0.369 e. The molecule has 1 amide bonds. The monoisotopic (exact) mass is 410 g/mol. The number of carbonyl (C=O) groups excluding carboxylic acids is 1. The van der Waals surface area contributed by atoms with Crippen LogP contribution in [-0.2, 0) is 4.79 Å². The van der Waals surface area contributed by atoms with Crippen molar-refractivity contribution in [1.82, 2.24) is 0 Å². The van der Waals surface area contributed by atoms with Crippen LogP contribution in [0.5, 0.6) is 0 Å². The second-order valence-electron chi connectivity index (χ2n) is 6.33. The SMILES string of the molecule is CC(=N\N=C(N)N)/C(=N\Nc1ccc(C)cc1[N+](=O)[O-])C(=O)Nc1ccccc1C. The summed E-state index contributed by atoms with van der Waals surface area (Å²) in [4.78, 5) is 23.6. The molecule has 0 fully saturated rings. The van der Waals surface area contributed by atoms with Crippen molar-refractivity contribution in [2.45, 2.75) is 20.8 Å². The standard InChI is InChI=1S/C19H22N8O3/c1-11-8-9-15(16(10-11)27(29)30)24-25-17(13(3)23-26-19(20)21)18(28)22-14-7-5-4-6-12(14)2/h4-10,24H,1-3H3,(H,22,28)(H4,20,21,26)/b23-13+,25-17+. The Morgan fingerprint density at radius 3 is 2.40 bits per heavy atom. The number of nitro groups is 1. The molecule has 0 aliphatic carbocycles. The van der Waals surface area contributed by atoms with Gasteiger partial charge in [0, 0.05) is 11.8 Å². The molecule has 0 saturated carbocycles. The van der Waals surface area contributed by atoms with Crippen molar-refractivity contribution >= 4 is 40.4 Å². The van der Waals surface area contributed by atoms with E-state index in [1.807, 2.05) is 19.1 Å². The number of nitrogens with one attached hydrogen (secondary N) is 2. The summed E-state index contributed by atoms with van der Waals surface area (Å²) in [5, 5.41) is 25.4. The van der Waals surface area contributed by atoms with Gasteiger partial charge in [-0.2, -0.15) is 5.10 Å². The van der Waals surface area contributed by atoms with Gasteiger partial charge in [-0.3, -0.25) is 20.3 Å². The molecule has 2 aromatic carbocycles. The molecule has 2 aromatic rings. The van der Waals surface area contributed by atoms with Crippen LogP contribution < -0.4 is 22.2 Å². The second-order valence-corrected chi connectivity index (χ2v) is 6.33. The first-order chi connectivity index (χ1) is 14.2. The summed E-state index contributed by atoms with van der Waals surface area (Å²) in [6.07, 6.45) is 0. The Kier molecular flexibility index (Phi) is 7.17. The van der Waals surface area contributed by atoms with Crippen LogP contribution in [0.4, 0.5) is 17.1 Å². The van der Waals surface area contributed by atoms with Crippen molar-refractivity contribution in [1.29, 1.82) is 0 Å². The predicted octanol–water partition coefficient (Wildman–Crippen LogP) is 2.27. The van der Waals surface area contributed by atoms with E-state index in [0.717, 1.165) is 5.56 Å². The number of hydrogen-bond acceptors (Lipinski definition) is 7. The van der Waals surface area contributed by atoms with Crippen LogP contribution in [-0.4, -0.2) is 28.2 Å². The Labute approximate surface area is 172 Å². The van der Waals surface area contributed by atoms with Crippen molar-refractivity contribution in [2.75, 3.05) is 10.7 Å². The molecule has 11 nitrogen and oxygen atoms in total. The van der Waals surface area contributed by atoms with Gasteiger partial charge < -0.3 is 16.8 Å². The normalized spacial score (nSPS) is 11.6. The molecule has 2 rings (SSSR count). The van der Waals surface area contributed by atoms with Crippen molar-refractivity contribution in [2.24, 2.45) is 26.8 Å². The fraction of sp³-hybridized carbons (Fsp3) is 0.158. The van der Waals surface area contributed by atoms with Gasteiger partial charge in [0.1, 0.15) is 5.69 Å². The molecule has 0 radical (unpaired) electrons. The van der Waals surface area contributed by atoms with Crippen molar-refractivity contribution in [3.63, 3.8) is 0 Å². The molecular formula is C19H22N8O3. The number of nitrogens with two attached hydrogens (primary N) is 2. The maximum absolute atomic E-state index is 12.8. The smallest absolute Gasteiger partial charge is 0.294 e. The van der Waals surface area contributed by atoms with E-state index in [1.54, 1.807) is 25.1 Å². The lowest BCUT2D eigenvalue weighted by molar-refractivity contribution is -0.384. The van der Waals surface area contributed by atoms with E-state index < -0.39 is 10.8 Å². The topological polar surface area (TPSA) is 173 Å². The minimum absolute atomic E-state index is 0.0942. The van der Waals surface area contributed by atoms with E-state index in [1.165, 1.54) is 19.1 Å². The molecule has 0 saturated heterocycles. The average molecular weight is 410 g/mol. The van der Waals surface area contributed by atoms with Crippen LogP contribution in [0.2, 0.25) is 0 Å². The van der Waals surface area contributed by atoms with Crippen molar-refractivity contribution < 1.29 is 9.72 Å². The number of aryl methyl sites for hydroxylation is 2. The van der Waals surface area contributed by atoms with Crippen LogP contribution in [0, 0.1) is 24.0 Å². The summed E-state index contributed by atoms with van der Waals surface area (Å²) in [5.74, 6) is -0.895. The third-order valence-corrected chi connectivity index (χ3v) is 3.90. The fourth-order valence-electron chi connectivity index (χ4n) is 2.37. The molecule has 0 atom stereocenters. The Hall–Kier alpha value is -4.28. The van der Waals surface area contributed by atoms with Crippen LogP contribution in [0.15, 0.2) is 57.8 Å². The number of nitro benzene ring substituents is 1. The van der Waals surface area contributed by atoms with Crippen molar-refractivity contribution in [3.05, 3.63) is 63.7 Å². The average Bonchev–Trinajstić information content (AvgIpc) is 2.69. The van der Waals surface area contributed by atoms with Gasteiger partial charge in [0.2, 0.25) is 5.96 Å². The van der Waals surface area contributed by atoms with Gasteiger partial charge in [0.25, 0.3) is 11.6 Å². The van der Waals surface area contributed by atoms with E-state index in [0.29, 0.717) is 11.3 Å². The van der Waals surface area contributed by atoms with Crippen LogP contribution in [0.3, 0.4) is 0 Å². The third-order valence-electron chi connectivity index (χ3n) is 3.90. The minimum atomic E-state index is -0.599. The van der Waals surface area contributed by atoms with Gasteiger partial charge in [-0.15, -0.1) is 10.2 Å². The van der Waals surface area contributed by atoms with Gasteiger partial charge in [0.05, 0.1) is 10.6 Å². The highest BCUT2D eigenvalue weighted by molar-refractivity contribution is 6.68. The molecule has 0 aliphatic rings. The molecule has 0 aliphatic heterocycles. The number of nitrogens with zero attached hydrogens (tertiary/aromatic N) is 4. The quantitative estimate of drug-likeness (QED) is 0.236. The Morgan fingerprint density at radius 1 is 1.07 bits per heavy atom. The second kappa shape index (κ2) is 9.78. The van der Waals surface area contributed by atoms with Crippen LogP contribution in [0.25, 0.3) is 0 Å². The molecule has 6 N–H and O–H groups in total. The first-order valence-electron chi connectivity index (χ1n) is 8.78. The molecule has 30 heavy (non-hydrogen) atoms. The number of guanidine groups is 1. The molecule has 0 spiro atoms. The highest BCUT2D eigenvalue weighted by Crippen LogP contribution is 2.25. The van der Waals surface area contributed by atoms with Crippen LogP contribution in [0.1, 0.15) is 18.1 Å². The van der Waals surface area contributed by atoms with Gasteiger partial charge in [-0.1, -0.05) is 24.3 Å². The number of para-hydroxylation sites is 1. The summed E-state index contributed by atoms with van der Waals surface area (Å²) in [7, 11) is 0. The lowest BCUT2D eigenvalue weighted by Crippen LogP contribution is -2.30. The number of hydrazone groups is 1. The van der Waals surface area contributed by atoms with E-state index in [-0.39, 0.29) is 28.8 Å². The van der Waals surface area contributed by atoms with Gasteiger partial charge in [-0.05, 0) is 44.0 Å². The Morgan fingerprint density at radius 2 is 1.77 bits per heavy atom. The van der Waals surface area contributed by atoms with Gasteiger partial charge in [-0.25, -0.2) is 0 Å². The van der Waals surface area contributed by atoms with Crippen LogP contribution >= 0.6 is 0 Å². The maximum Gasteiger partial charge on any atom is 0.294 e. The highest BCUT2D eigenvalue weighted by Gasteiger charge is 2.19. The number of rotatable bonds is 7. The van der Waals surface area contributed by atoms with E-state index in [2.05, 4.69) is 26.0 Å². The number of benzene rings is 2. The Bertz CT molecular complexity index is 1060. The summed E-state index contributed by atoms with van der Waals surface area (Å²) in [5.41, 5.74) is 15.1. The maximum atomic E-state index is 12.8. The zero-order chi connectivity index (χ0) is 22.3. The zero-order valence-corrected chi connectivity index (χ0v) is 16.7. The molecule has 0 heterocycles. The van der Waals surface area contributed by atoms with E-state index >= 15 is 0 Å². The van der Waals surface area contributed by atoms with E-state index in [9.17, 15) is 14.9 Å². The summed E-state index contributed by atoms with van der Waals surface area (Å²) < 4.78 is 0. The predicted molar refractivity (Wildman–Crippen MR) is 118 cm³/mol. The summed E-state index contributed by atoms with van der Waals surface area (Å²) in [6.45, 7) is 5.04. The lowest BCUT2D eigenvalue weighted by atomic mass is 10.2. The fourth-order valence-corrected chi connectivity index (χ4v) is 2.37. The third kappa shape index (κ3) is 5.86. The molecule has 0 aromatic heterocycles. The highest BCUT2D eigenvalue weighted by atomic mass is 16.6. The minimum Gasteiger partial charge on any atom is -0.369 e. The molecule has 156 valence electrons. The number of amides is 1. The van der Waals surface area contributed by atoms with Gasteiger partial charge >= 0.3 is 0 Å². The Balaban J connectivity index is 2.42. The lowest BCUT2D eigenvalue weighted by Gasteiger charge is -2.10. The summed E-state index contributed by atoms with van der Waals surface area (Å²) in [6, 6.07) is 11.7. The number of carbonyl (C=O) groups is 1. The molecule has 0 unspecified atom stereocenters. The first kappa shape index (κ1) is 22.0. The first-order valence-corrected chi connectivity index (χ1v) is 8.78.